The van der Waals surface area contributed by atoms with Gasteiger partial charge in [0.2, 0.25) is 0 Å². The summed E-state index contributed by atoms with van der Waals surface area (Å²) < 4.78 is 8.88. The van der Waals surface area contributed by atoms with E-state index in [0.29, 0.717) is 0 Å². The quantitative estimate of drug-likeness (QED) is 0.672. The Morgan fingerprint density at radius 2 is 1.15 bits per heavy atom. The molecule has 0 aliphatic rings. The summed E-state index contributed by atoms with van der Waals surface area (Å²) in [5, 5.41) is 0. The van der Waals surface area contributed by atoms with Crippen LogP contribution < -0.4 is 0 Å². The van der Waals surface area contributed by atoms with E-state index in [1.807, 2.05) is 0 Å². The van der Waals surface area contributed by atoms with E-state index < -0.39 is 7.82 Å². The number of phosphoric acid groups is 1. The predicted molar refractivity (Wildman–Crippen MR) is 58.0 cm³/mol. The van der Waals surface area contributed by atoms with Crippen LogP contribution in [0.3, 0.4) is 0 Å². The fourth-order valence-corrected chi connectivity index (χ4v) is 0.671. The van der Waals surface area contributed by atoms with E-state index in [9.17, 15) is 0 Å². The maximum atomic E-state index is 8.88. The molecular formula is C6H19BrNO4P. The molecule has 0 heterocycles. The molecule has 0 saturated heterocycles. The van der Waals surface area contributed by atoms with Gasteiger partial charge in [-0.3, -0.25) is 0 Å². The summed E-state index contributed by atoms with van der Waals surface area (Å²) in [4.78, 5) is 23.9. The van der Waals surface area contributed by atoms with Crippen molar-refractivity contribution < 1.29 is 19.2 Å². The summed E-state index contributed by atoms with van der Waals surface area (Å²) in [7, 11) is -4.64. The van der Waals surface area contributed by atoms with Crippen LogP contribution >= 0.6 is 24.8 Å². The van der Waals surface area contributed by atoms with Crippen molar-refractivity contribution in [3.63, 3.8) is 0 Å². The first-order valence-corrected chi connectivity index (χ1v) is 5.42. The minimum absolute atomic E-state index is 0. The Labute approximate surface area is 89.8 Å². The molecule has 0 aliphatic heterocycles. The molecule has 0 amide bonds. The van der Waals surface area contributed by atoms with Gasteiger partial charge in [0.05, 0.1) is 0 Å². The number of hydrogen-bond acceptors (Lipinski definition) is 2. The molecule has 3 N–H and O–H groups in total. The van der Waals surface area contributed by atoms with Gasteiger partial charge in [-0.2, -0.15) is 0 Å². The first-order chi connectivity index (χ1) is 5.35. The van der Waals surface area contributed by atoms with Gasteiger partial charge in [-0.1, -0.05) is 20.8 Å². The molecule has 84 valence electrons. The number of nitrogens with zero attached hydrogens (tertiary/aromatic N) is 1. The lowest BCUT2D eigenvalue weighted by atomic mass is 10.5. The van der Waals surface area contributed by atoms with Crippen LogP contribution in [0.2, 0.25) is 0 Å². The average molecular weight is 280 g/mol. The number of halogens is 1. The van der Waals surface area contributed by atoms with Gasteiger partial charge in [-0.05, 0) is 19.6 Å². The van der Waals surface area contributed by atoms with E-state index in [4.69, 9.17) is 19.2 Å². The Morgan fingerprint density at radius 3 is 1.15 bits per heavy atom. The smallest absolute Gasteiger partial charge is 0.304 e. The molecule has 0 aliphatic carbocycles. The molecule has 0 unspecified atom stereocenters. The number of hydrogen-bond donors (Lipinski definition) is 3. The molecule has 0 aromatic rings. The van der Waals surface area contributed by atoms with Crippen LogP contribution in [0.5, 0.6) is 0 Å². The molecule has 0 rings (SSSR count). The van der Waals surface area contributed by atoms with E-state index in [-0.39, 0.29) is 17.0 Å². The van der Waals surface area contributed by atoms with Crippen molar-refractivity contribution in [1.82, 2.24) is 4.90 Å². The van der Waals surface area contributed by atoms with Gasteiger partial charge in [-0.25, -0.2) is 4.57 Å². The maximum Gasteiger partial charge on any atom is 0.466 e. The third-order valence-electron chi connectivity index (χ3n) is 1.34. The SMILES string of the molecule is Br.CCN(CC)CC.O=P(O)(O)O. The minimum atomic E-state index is -4.64. The van der Waals surface area contributed by atoms with Gasteiger partial charge in [0.15, 0.2) is 0 Å². The Bertz CT molecular complexity index is 123. The molecule has 0 bridgehead atoms. The second-order valence-electron chi connectivity index (χ2n) is 2.13. The lowest BCUT2D eigenvalue weighted by molar-refractivity contribution is 0.275. The van der Waals surface area contributed by atoms with Crippen molar-refractivity contribution >= 4 is 24.8 Å². The maximum absolute atomic E-state index is 8.88. The molecule has 0 radical (unpaired) electrons. The summed E-state index contributed by atoms with van der Waals surface area (Å²) in [6.07, 6.45) is 0. The van der Waals surface area contributed by atoms with Gasteiger partial charge in [0, 0.05) is 0 Å². The van der Waals surface area contributed by atoms with Gasteiger partial charge >= 0.3 is 7.82 Å². The van der Waals surface area contributed by atoms with E-state index in [1.54, 1.807) is 0 Å². The van der Waals surface area contributed by atoms with Crippen molar-refractivity contribution in [2.45, 2.75) is 20.8 Å². The fourth-order valence-electron chi connectivity index (χ4n) is 0.671. The minimum Gasteiger partial charge on any atom is -0.304 e. The fraction of sp³-hybridized carbons (Fsp3) is 1.00. The lowest BCUT2D eigenvalue weighted by Crippen LogP contribution is -2.21. The summed E-state index contributed by atoms with van der Waals surface area (Å²) in [5.41, 5.74) is 0. The predicted octanol–water partition coefficient (Wildman–Crippen LogP) is 0.997. The second-order valence-corrected chi connectivity index (χ2v) is 3.16. The number of rotatable bonds is 3. The zero-order valence-electron chi connectivity index (χ0n) is 8.17. The van der Waals surface area contributed by atoms with E-state index in [0.717, 1.165) is 0 Å². The highest BCUT2D eigenvalue weighted by atomic mass is 79.9. The molecule has 0 atom stereocenters. The Balaban J connectivity index is -0.000000150. The zero-order chi connectivity index (χ0) is 10.2. The third-order valence-corrected chi connectivity index (χ3v) is 1.34. The highest BCUT2D eigenvalue weighted by Gasteiger charge is 2.00. The molecule has 0 saturated carbocycles. The van der Waals surface area contributed by atoms with Crippen molar-refractivity contribution in [3.05, 3.63) is 0 Å². The summed E-state index contributed by atoms with van der Waals surface area (Å²) in [6, 6.07) is 0. The molecule has 5 nitrogen and oxygen atoms in total. The lowest BCUT2D eigenvalue weighted by Gasteiger charge is -2.13. The van der Waals surface area contributed by atoms with Crippen LogP contribution in [-0.4, -0.2) is 39.2 Å². The van der Waals surface area contributed by atoms with Gasteiger partial charge in [0.1, 0.15) is 0 Å². The standard InChI is InChI=1S/C6H15N.BrH.H3O4P/c1-4-7(5-2)6-3;;1-5(2,3)4/h4-6H2,1-3H3;1H;(H3,1,2,3,4). The van der Waals surface area contributed by atoms with Crippen LogP contribution in [0, 0.1) is 0 Å². The largest absolute Gasteiger partial charge is 0.466 e. The molecule has 0 fully saturated rings. The normalized spacial score (nSPS) is 10.1. The average Bonchev–Trinajstić information content (AvgIpc) is 1.88. The van der Waals surface area contributed by atoms with Gasteiger partial charge in [0.25, 0.3) is 0 Å². The summed E-state index contributed by atoms with van der Waals surface area (Å²) in [6.45, 7) is 10.1. The van der Waals surface area contributed by atoms with Gasteiger partial charge in [-0.15, -0.1) is 17.0 Å². The van der Waals surface area contributed by atoms with E-state index >= 15 is 0 Å². The molecule has 0 aromatic carbocycles. The highest BCUT2D eigenvalue weighted by Crippen LogP contribution is 2.25. The Hall–Kier alpha value is 0.550. The Kier molecular flexibility index (Phi) is 15.7. The van der Waals surface area contributed by atoms with E-state index in [1.165, 1.54) is 19.6 Å². The molecule has 0 spiro atoms. The third kappa shape index (κ3) is 32.6. The van der Waals surface area contributed by atoms with Crippen LogP contribution in [-0.2, 0) is 4.57 Å². The molecule has 0 aromatic heterocycles. The Morgan fingerprint density at radius 1 is 1.00 bits per heavy atom. The van der Waals surface area contributed by atoms with Gasteiger partial charge < -0.3 is 19.6 Å². The van der Waals surface area contributed by atoms with Crippen LogP contribution in [0.4, 0.5) is 0 Å². The van der Waals surface area contributed by atoms with E-state index in [2.05, 4.69) is 25.7 Å². The molecular weight excluding hydrogens is 261 g/mol. The zero-order valence-corrected chi connectivity index (χ0v) is 10.8. The summed E-state index contributed by atoms with van der Waals surface area (Å²) in [5.74, 6) is 0. The first kappa shape index (κ1) is 19.2. The summed E-state index contributed by atoms with van der Waals surface area (Å²) >= 11 is 0. The van der Waals surface area contributed by atoms with Crippen LogP contribution in [0.25, 0.3) is 0 Å². The molecule has 13 heavy (non-hydrogen) atoms. The van der Waals surface area contributed by atoms with Crippen molar-refractivity contribution in [1.29, 1.82) is 0 Å². The topological polar surface area (TPSA) is 81.0 Å². The first-order valence-electron chi connectivity index (χ1n) is 3.85. The second kappa shape index (κ2) is 10.6. The van der Waals surface area contributed by atoms with Crippen molar-refractivity contribution in [3.8, 4) is 0 Å². The monoisotopic (exact) mass is 279 g/mol. The molecule has 7 heteroatoms. The highest BCUT2D eigenvalue weighted by molar-refractivity contribution is 8.93. The van der Waals surface area contributed by atoms with Crippen LogP contribution in [0.15, 0.2) is 0 Å². The van der Waals surface area contributed by atoms with Crippen molar-refractivity contribution in [2.75, 3.05) is 19.6 Å². The van der Waals surface area contributed by atoms with Crippen molar-refractivity contribution in [2.24, 2.45) is 0 Å². The van der Waals surface area contributed by atoms with Crippen LogP contribution in [0.1, 0.15) is 20.8 Å².